The van der Waals surface area contributed by atoms with Gasteiger partial charge in [-0.1, -0.05) is 46.4 Å². The first kappa shape index (κ1) is 36.3. The van der Waals surface area contributed by atoms with Crippen molar-refractivity contribution in [2.45, 2.75) is 58.2 Å². The number of nitrogens with one attached hydrogen (secondary N) is 1. The minimum atomic E-state index is -0.338. The molecule has 0 bridgehead atoms. The molecule has 48 heavy (non-hydrogen) atoms. The van der Waals surface area contributed by atoms with Gasteiger partial charge in [0.05, 0.1) is 33.2 Å². The topological polar surface area (TPSA) is 110 Å². The molecule has 2 unspecified atom stereocenters. The van der Waals surface area contributed by atoms with Crippen molar-refractivity contribution in [2.24, 2.45) is 17.6 Å². The van der Waals surface area contributed by atoms with Crippen LogP contribution in [0.3, 0.4) is 0 Å². The standard InChI is InChI=1S/C35H41Cl4N5O4/c1-20(45)43-10-5-23(6-11-43)34(40)25-15-27(36)30(39)18-32(25)48-19-22-4-9-41-33(14-22)42-35(24-7-12-44(13-8-24)21(2)46)26-16-28(37)29(38)17-31(26)47-3/h4,9,14-18,23-24,34-35H,5-8,10-13,19,40H2,1-3H3,(H,41,42). The summed E-state index contributed by atoms with van der Waals surface area (Å²) in [7, 11) is 1.60. The fraction of sp³-hybridized carbons (Fsp3) is 0.457. The molecule has 0 spiro atoms. The van der Waals surface area contributed by atoms with E-state index in [9.17, 15) is 9.59 Å². The third-order valence-corrected chi connectivity index (χ3v) is 10.9. The Morgan fingerprint density at radius 1 is 0.833 bits per heavy atom. The summed E-state index contributed by atoms with van der Waals surface area (Å²) in [5.74, 6) is 2.30. The zero-order chi connectivity index (χ0) is 34.5. The summed E-state index contributed by atoms with van der Waals surface area (Å²) >= 11 is 25.7. The van der Waals surface area contributed by atoms with Crippen molar-refractivity contribution in [3.8, 4) is 11.5 Å². The summed E-state index contributed by atoms with van der Waals surface area (Å²) in [5, 5.41) is 5.24. The predicted octanol–water partition coefficient (Wildman–Crippen LogP) is 7.95. The third-order valence-electron chi connectivity index (χ3n) is 9.49. The fourth-order valence-corrected chi connectivity index (χ4v) is 7.33. The van der Waals surface area contributed by atoms with Gasteiger partial charge in [-0.05, 0) is 67.3 Å². The summed E-state index contributed by atoms with van der Waals surface area (Å²) in [4.78, 5) is 32.2. The highest BCUT2D eigenvalue weighted by atomic mass is 35.5. The second kappa shape index (κ2) is 16.2. The maximum absolute atomic E-state index is 12.0. The second-order valence-electron chi connectivity index (χ2n) is 12.5. The number of amides is 2. The number of piperidine rings is 2. The Labute approximate surface area is 301 Å². The van der Waals surface area contributed by atoms with Crippen LogP contribution in [-0.4, -0.2) is 59.9 Å². The molecule has 9 nitrogen and oxygen atoms in total. The minimum absolute atomic E-state index is 0.0731. The van der Waals surface area contributed by atoms with E-state index >= 15 is 0 Å². The third kappa shape index (κ3) is 8.61. The van der Waals surface area contributed by atoms with Gasteiger partial charge in [-0.15, -0.1) is 0 Å². The number of pyridine rings is 1. The molecular formula is C35H41Cl4N5O4. The van der Waals surface area contributed by atoms with Crippen molar-refractivity contribution in [3.63, 3.8) is 0 Å². The molecule has 2 aliphatic heterocycles. The number of nitrogens with two attached hydrogens (primary N) is 1. The van der Waals surface area contributed by atoms with E-state index in [2.05, 4.69) is 10.3 Å². The number of likely N-dealkylation sites (tertiary alicyclic amines) is 2. The summed E-state index contributed by atoms with van der Waals surface area (Å²) in [6.45, 7) is 6.08. The predicted molar refractivity (Wildman–Crippen MR) is 191 cm³/mol. The number of anilines is 1. The van der Waals surface area contributed by atoms with E-state index in [1.165, 1.54) is 0 Å². The molecule has 2 amide bonds. The lowest BCUT2D eigenvalue weighted by Crippen LogP contribution is -2.39. The number of carbonyl (C=O) groups is 2. The van der Waals surface area contributed by atoms with E-state index in [-0.39, 0.29) is 42.3 Å². The molecule has 2 fully saturated rings. The maximum atomic E-state index is 12.0. The van der Waals surface area contributed by atoms with Gasteiger partial charge in [0.15, 0.2) is 0 Å². The molecule has 258 valence electrons. The lowest BCUT2D eigenvalue weighted by Gasteiger charge is -2.37. The van der Waals surface area contributed by atoms with E-state index in [1.807, 2.05) is 28.0 Å². The molecule has 0 radical (unpaired) electrons. The molecule has 2 saturated heterocycles. The van der Waals surface area contributed by atoms with Crippen LogP contribution in [0.15, 0.2) is 42.6 Å². The molecule has 2 aromatic carbocycles. The van der Waals surface area contributed by atoms with Gasteiger partial charge in [0.2, 0.25) is 11.8 Å². The highest BCUT2D eigenvalue weighted by Gasteiger charge is 2.32. The number of carbonyl (C=O) groups excluding carboxylic acids is 2. The van der Waals surface area contributed by atoms with Gasteiger partial charge in [0, 0.05) is 75.5 Å². The Kier molecular flexibility index (Phi) is 12.2. The van der Waals surface area contributed by atoms with Gasteiger partial charge in [0.25, 0.3) is 0 Å². The average Bonchev–Trinajstić information content (AvgIpc) is 3.08. The van der Waals surface area contributed by atoms with Gasteiger partial charge >= 0.3 is 0 Å². The molecule has 5 rings (SSSR count). The molecule has 13 heteroatoms. The first-order valence-corrected chi connectivity index (χ1v) is 17.6. The van der Waals surface area contributed by atoms with Gasteiger partial charge in [-0.3, -0.25) is 9.59 Å². The molecule has 2 aliphatic rings. The largest absolute Gasteiger partial charge is 0.496 e. The van der Waals surface area contributed by atoms with E-state index < -0.39 is 0 Å². The number of halogens is 4. The lowest BCUT2D eigenvalue weighted by molar-refractivity contribution is -0.131. The van der Waals surface area contributed by atoms with Crippen molar-refractivity contribution in [2.75, 3.05) is 38.6 Å². The Hall–Kier alpha value is -2.95. The number of benzene rings is 2. The van der Waals surface area contributed by atoms with Crippen molar-refractivity contribution in [1.29, 1.82) is 0 Å². The smallest absolute Gasteiger partial charge is 0.219 e. The van der Waals surface area contributed by atoms with Crippen molar-refractivity contribution in [1.82, 2.24) is 14.8 Å². The molecular weight excluding hydrogens is 696 g/mol. The summed E-state index contributed by atoms with van der Waals surface area (Å²) < 4.78 is 12.1. The van der Waals surface area contributed by atoms with E-state index in [0.717, 1.165) is 42.4 Å². The Balaban J connectivity index is 1.36. The monoisotopic (exact) mass is 735 g/mol. The zero-order valence-corrected chi connectivity index (χ0v) is 30.3. The number of ether oxygens (including phenoxy) is 2. The summed E-state index contributed by atoms with van der Waals surface area (Å²) in [6, 6.07) is 10.3. The molecule has 3 heterocycles. The first-order valence-electron chi connectivity index (χ1n) is 16.1. The van der Waals surface area contributed by atoms with Crippen LogP contribution in [0.2, 0.25) is 20.1 Å². The number of aromatic nitrogens is 1. The van der Waals surface area contributed by atoms with E-state index in [0.29, 0.717) is 63.6 Å². The average molecular weight is 738 g/mol. The van der Waals surface area contributed by atoms with Crippen LogP contribution in [-0.2, 0) is 16.2 Å². The molecule has 0 saturated carbocycles. The van der Waals surface area contributed by atoms with Crippen LogP contribution >= 0.6 is 46.4 Å². The first-order chi connectivity index (χ1) is 22.9. The molecule has 3 aromatic rings. The van der Waals surface area contributed by atoms with E-state index in [1.54, 1.807) is 45.4 Å². The molecule has 2 atom stereocenters. The number of nitrogens with zero attached hydrogens (tertiary/aromatic N) is 3. The fourth-order valence-electron chi connectivity index (χ4n) is 6.68. The highest BCUT2D eigenvalue weighted by Crippen LogP contribution is 2.42. The number of methoxy groups -OCH3 is 1. The van der Waals surface area contributed by atoms with Crippen molar-refractivity contribution >= 4 is 64.0 Å². The number of rotatable bonds is 10. The Bertz CT molecular complexity index is 1630. The molecule has 1 aromatic heterocycles. The van der Waals surface area contributed by atoms with Gasteiger partial charge in [-0.2, -0.15) is 0 Å². The summed E-state index contributed by atoms with van der Waals surface area (Å²) in [5.41, 5.74) is 9.31. The van der Waals surface area contributed by atoms with Crippen LogP contribution in [0.5, 0.6) is 11.5 Å². The Morgan fingerprint density at radius 3 is 1.92 bits per heavy atom. The Morgan fingerprint density at radius 2 is 1.35 bits per heavy atom. The van der Waals surface area contributed by atoms with Crippen LogP contribution in [0.4, 0.5) is 5.82 Å². The van der Waals surface area contributed by atoms with Crippen LogP contribution < -0.4 is 20.5 Å². The second-order valence-corrected chi connectivity index (χ2v) is 14.1. The minimum Gasteiger partial charge on any atom is -0.496 e. The quantitative estimate of drug-likeness (QED) is 0.217. The number of hydrogen-bond acceptors (Lipinski definition) is 7. The van der Waals surface area contributed by atoms with Gasteiger partial charge in [0.1, 0.15) is 23.9 Å². The normalized spacial score (nSPS) is 17.2. The maximum Gasteiger partial charge on any atom is 0.219 e. The SMILES string of the molecule is COc1cc(Cl)c(Cl)cc1C(Nc1cc(COc2cc(Cl)c(Cl)cc2C(N)C2CCN(C(C)=O)CC2)ccn1)C1CCN(C(C)=O)CC1. The summed E-state index contributed by atoms with van der Waals surface area (Å²) in [6.07, 6.45) is 4.89. The van der Waals surface area contributed by atoms with Gasteiger partial charge in [-0.25, -0.2) is 4.98 Å². The van der Waals surface area contributed by atoms with Crippen LogP contribution in [0, 0.1) is 11.8 Å². The van der Waals surface area contributed by atoms with Crippen molar-refractivity contribution in [3.05, 3.63) is 79.4 Å². The zero-order valence-electron chi connectivity index (χ0n) is 27.3. The van der Waals surface area contributed by atoms with Crippen LogP contribution in [0.25, 0.3) is 0 Å². The lowest BCUT2D eigenvalue weighted by atomic mass is 9.84. The highest BCUT2D eigenvalue weighted by molar-refractivity contribution is 6.42. The van der Waals surface area contributed by atoms with E-state index in [4.69, 9.17) is 61.6 Å². The molecule has 3 N–H and O–H groups in total. The van der Waals surface area contributed by atoms with Gasteiger partial charge < -0.3 is 30.3 Å². The van der Waals surface area contributed by atoms with Crippen molar-refractivity contribution < 1.29 is 19.1 Å². The number of hydrogen-bond donors (Lipinski definition) is 2. The van der Waals surface area contributed by atoms with Crippen LogP contribution in [0.1, 0.15) is 68.3 Å². The molecule has 0 aliphatic carbocycles.